The Morgan fingerprint density at radius 1 is 1.50 bits per heavy atom. The standard InChI is InChI=1S/C14H25N3O/c1-2-6-15-9-14-10-16-12-17(14)7-3-8-18-11-13-4-5-13/h10,12-13,15H,2-9,11H2,1H3. The Kier molecular flexibility index (Phi) is 5.68. The Hall–Kier alpha value is -0.870. The van der Waals surface area contributed by atoms with Gasteiger partial charge in [0.2, 0.25) is 0 Å². The zero-order valence-corrected chi connectivity index (χ0v) is 11.4. The molecule has 0 bridgehead atoms. The Labute approximate surface area is 110 Å². The molecule has 1 heterocycles. The molecule has 1 aromatic rings. The van der Waals surface area contributed by atoms with Gasteiger partial charge >= 0.3 is 0 Å². The largest absolute Gasteiger partial charge is 0.381 e. The van der Waals surface area contributed by atoms with Gasteiger partial charge in [0.1, 0.15) is 0 Å². The lowest BCUT2D eigenvalue weighted by Crippen LogP contribution is -2.17. The Morgan fingerprint density at radius 3 is 3.17 bits per heavy atom. The monoisotopic (exact) mass is 251 g/mol. The van der Waals surface area contributed by atoms with Crippen molar-refractivity contribution in [2.24, 2.45) is 5.92 Å². The van der Waals surface area contributed by atoms with Gasteiger partial charge in [-0.3, -0.25) is 0 Å². The summed E-state index contributed by atoms with van der Waals surface area (Å²) in [6.07, 6.45) is 8.86. The topological polar surface area (TPSA) is 39.1 Å². The number of hydrogen-bond acceptors (Lipinski definition) is 3. The number of nitrogens with zero attached hydrogens (tertiary/aromatic N) is 2. The molecule has 0 aromatic carbocycles. The highest BCUT2D eigenvalue weighted by Crippen LogP contribution is 2.28. The second-order valence-corrected chi connectivity index (χ2v) is 5.13. The number of rotatable bonds is 10. The van der Waals surface area contributed by atoms with Crippen molar-refractivity contribution >= 4 is 0 Å². The molecule has 2 rings (SSSR count). The first-order chi connectivity index (χ1) is 8.90. The number of nitrogens with one attached hydrogen (secondary N) is 1. The molecule has 1 aliphatic rings. The fraction of sp³-hybridized carbons (Fsp3) is 0.786. The maximum Gasteiger partial charge on any atom is 0.0948 e. The summed E-state index contributed by atoms with van der Waals surface area (Å²) in [5.74, 6) is 0.868. The van der Waals surface area contributed by atoms with Crippen LogP contribution in [0.4, 0.5) is 0 Å². The molecule has 0 radical (unpaired) electrons. The molecule has 0 aliphatic heterocycles. The van der Waals surface area contributed by atoms with E-state index in [0.717, 1.165) is 45.2 Å². The molecule has 1 saturated carbocycles. The van der Waals surface area contributed by atoms with Crippen molar-refractivity contribution in [2.75, 3.05) is 19.8 Å². The first-order valence-electron chi connectivity index (χ1n) is 7.17. The highest BCUT2D eigenvalue weighted by molar-refractivity contribution is 4.97. The van der Waals surface area contributed by atoms with Gasteiger partial charge in [0.25, 0.3) is 0 Å². The van der Waals surface area contributed by atoms with Crippen molar-refractivity contribution in [1.29, 1.82) is 0 Å². The fourth-order valence-corrected chi connectivity index (χ4v) is 1.96. The van der Waals surface area contributed by atoms with Crippen LogP contribution in [0.2, 0.25) is 0 Å². The molecular formula is C14H25N3O. The van der Waals surface area contributed by atoms with Crippen LogP contribution < -0.4 is 5.32 Å². The molecule has 1 N–H and O–H groups in total. The van der Waals surface area contributed by atoms with Gasteiger partial charge in [-0.2, -0.15) is 0 Å². The van der Waals surface area contributed by atoms with Crippen LogP contribution in [0.25, 0.3) is 0 Å². The minimum atomic E-state index is 0.868. The molecule has 1 fully saturated rings. The molecule has 0 amide bonds. The van der Waals surface area contributed by atoms with E-state index in [9.17, 15) is 0 Å². The fourth-order valence-electron chi connectivity index (χ4n) is 1.96. The first-order valence-corrected chi connectivity index (χ1v) is 7.17. The van der Waals surface area contributed by atoms with Crippen molar-refractivity contribution < 1.29 is 4.74 Å². The van der Waals surface area contributed by atoms with Gasteiger partial charge in [-0.15, -0.1) is 0 Å². The lowest BCUT2D eigenvalue weighted by Gasteiger charge is -2.09. The van der Waals surface area contributed by atoms with Gasteiger partial charge in [0.05, 0.1) is 12.0 Å². The third-order valence-electron chi connectivity index (χ3n) is 3.27. The van der Waals surface area contributed by atoms with E-state index in [1.54, 1.807) is 0 Å². The summed E-state index contributed by atoms with van der Waals surface area (Å²) in [7, 11) is 0. The lowest BCUT2D eigenvalue weighted by atomic mass is 10.4. The first kappa shape index (κ1) is 13.6. The van der Waals surface area contributed by atoms with E-state index in [1.165, 1.54) is 25.0 Å². The van der Waals surface area contributed by atoms with Gasteiger partial charge < -0.3 is 14.6 Å². The quantitative estimate of drug-likeness (QED) is 0.648. The SMILES string of the molecule is CCCNCc1cncn1CCCOCC1CC1. The molecule has 0 spiro atoms. The summed E-state index contributed by atoms with van der Waals surface area (Å²) < 4.78 is 7.87. The summed E-state index contributed by atoms with van der Waals surface area (Å²) in [4.78, 5) is 4.22. The van der Waals surface area contributed by atoms with Crippen LogP contribution in [-0.2, 0) is 17.8 Å². The number of ether oxygens (including phenoxy) is 1. The van der Waals surface area contributed by atoms with Gasteiger partial charge in [-0.05, 0) is 38.1 Å². The molecule has 1 aliphatic carbocycles. The van der Waals surface area contributed by atoms with Crippen molar-refractivity contribution in [3.63, 3.8) is 0 Å². The molecule has 0 atom stereocenters. The Morgan fingerprint density at radius 2 is 2.39 bits per heavy atom. The highest BCUT2D eigenvalue weighted by Gasteiger charge is 2.20. The predicted molar refractivity (Wildman–Crippen MR) is 72.4 cm³/mol. The molecule has 0 unspecified atom stereocenters. The molecule has 1 aromatic heterocycles. The summed E-state index contributed by atoms with van der Waals surface area (Å²) in [6, 6.07) is 0. The van der Waals surface area contributed by atoms with Crippen molar-refractivity contribution in [2.45, 2.75) is 45.7 Å². The average molecular weight is 251 g/mol. The second kappa shape index (κ2) is 7.54. The van der Waals surface area contributed by atoms with E-state index in [2.05, 4.69) is 21.8 Å². The van der Waals surface area contributed by atoms with Crippen molar-refractivity contribution in [3.8, 4) is 0 Å². The predicted octanol–water partition coefficient (Wildman–Crippen LogP) is 2.20. The molecular weight excluding hydrogens is 226 g/mol. The Bertz CT molecular complexity index is 334. The summed E-state index contributed by atoms with van der Waals surface area (Å²) >= 11 is 0. The number of aromatic nitrogens is 2. The van der Waals surface area contributed by atoms with E-state index in [0.29, 0.717) is 0 Å². The molecule has 4 heteroatoms. The Balaban J connectivity index is 1.59. The normalized spacial score (nSPS) is 15.2. The van der Waals surface area contributed by atoms with E-state index >= 15 is 0 Å². The summed E-state index contributed by atoms with van der Waals surface area (Å²) in [5, 5.41) is 3.41. The molecule has 0 saturated heterocycles. The molecule has 102 valence electrons. The van der Waals surface area contributed by atoms with Crippen molar-refractivity contribution in [1.82, 2.24) is 14.9 Å². The minimum Gasteiger partial charge on any atom is -0.381 e. The van der Waals surface area contributed by atoms with E-state index in [-0.39, 0.29) is 0 Å². The van der Waals surface area contributed by atoms with E-state index < -0.39 is 0 Å². The smallest absolute Gasteiger partial charge is 0.0948 e. The second-order valence-electron chi connectivity index (χ2n) is 5.13. The van der Waals surface area contributed by atoms with E-state index in [4.69, 9.17) is 4.74 Å². The molecule has 18 heavy (non-hydrogen) atoms. The number of imidazole rings is 1. The van der Waals surface area contributed by atoms with Gasteiger partial charge in [0, 0.05) is 32.5 Å². The third-order valence-corrected chi connectivity index (χ3v) is 3.27. The van der Waals surface area contributed by atoms with Crippen LogP contribution in [0.15, 0.2) is 12.5 Å². The summed E-state index contributed by atoms with van der Waals surface area (Å²) in [5.41, 5.74) is 1.27. The third kappa shape index (κ3) is 4.78. The maximum absolute atomic E-state index is 5.64. The zero-order valence-electron chi connectivity index (χ0n) is 11.4. The average Bonchev–Trinajstić information content (AvgIpc) is 3.09. The number of hydrogen-bond donors (Lipinski definition) is 1. The van der Waals surface area contributed by atoms with Crippen LogP contribution in [0.3, 0.4) is 0 Å². The van der Waals surface area contributed by atoms with Crippen molar-refractivity contribution in [3.05, 3.63) is 18.2 Å². The summed E-state index contributed by atoms with van der Waals surface area (Å²) in [6.45, 7) is 7.01. The highest BCUT2D eigenvalue weighted by atomic mass is 16.5. The van der Waals surface area contributed by atoms with Crippen LogP contribution >= 0.6 is 0 Å². The van der Waals surface area contributed by atoms with Gasteiger partial charge in [0.15, 0.2) is 0 Å². The van der Waals surface area contributed by atoms with Crippen LogP contribution in [0.5, 0.6) is 0 Å². The number of aryl methyl sites for hydroxylation is 1. The van der Waals surface area contributed by atoms with E-state index in [1.807, 2.05) is 12.5 Å². The van der Waals surface area contributed by atoms with Gasteiger partial charge in [-0.25, -0.2) is 4.98 Å². The van der Waals surface area contributed by atoms with Gasteiger partial charge in [-0.1, -0.05) is 6.92 Å². The molecule has 4 nitrogen and oxygen atoms in total. The maximum atomic E-state index is 5.64. The minimum absolute atomic E-state index is 0.868. The zero-order chi connectivity index (χ0) is 12.6. The lowest BCUT2D eigenvalue weighted by molar-refractivity contribution is 0.119. The van der Waals surface area contributed by atoms with Crippen LogP contribution in [0.1, 0.15) is 38.3 Å². The van der Waals surface area contributed by atoms with Crippen LogP contribution in [0, 0.1) is 5.92 Å². The van der Waals surface area contributed by atoms with Crippen LogP contribution in [-0.4, -0.2) is 29.3 Å².